The van der Waals surface area contributed by atoms with Crippen molar-refractivity contribution in [2.75, 3.05) is 0 Å². The Morgan fingerprint density at radius 1 is 0.800 bits per heavy atom. The topological polar surface area (TPSA) is 0 Å². The molecule has 0 radical (unpaired) electrons. The summed E-state index contributed by atoms with van der Waals surface area (Å²) in [6, 6.07) is 0. The van der Waals surface area contributed by atoms with E-state index in [1.54, 1.807) is 0 Å². The average Bonchev–Trinajstić information content (AvgIpc) is 1.50. The van der Waals surface area contributed by atoms with Gasteiger partial charge < -0.3 is 13.2 Å². The second kappa shape index (κ2) is 75.0. The zero-order chi connectivity index (χ0) is 4.00. The fourth-order valence-corrected chi connectivity index (χ4v) is 0. The molecule has 0 spiro atoms. The van der Waals surface area contributed by atoms with Gasteiger partial charge in [0.15, 0.2) is 0 Å². The van der Waals surface area contributed by atoms with Crippen molar-refractivity contribution in [3.05, 3.63) is 26.3 Å². The van der Waals surface area contributed by atoms with E-state index in [4.69, 9.17) is 0 Å². The molecule has 24 valence electrons. The third kappa shape index (κ3) is 42.5. The van der Waals surface area contributed by atoms with Crippen molar-refractivity contribution in [2.45, 2.75) is 0 Å². The first-order chi connectivity index (χ1) is 2.00. The summed E-state index contributed by atoms with van der Waals surface area (Å²) >= 11 is 0. The van der Waals surface area contributed by atoms with Crippen LogP contribution in [-0.4, -0.2) is 48.9 Å². The molecule has 0 fully saturated rings. The molecule has 0 aromatic rings. The Labute approximate surface area is 74.0 Å². The molecule has 0 unspecified atom stereocenters. The van der Waals surface area contributed by atoms with Crippen LogP contribution < -0.4 is 0 Å². The number of rotatable bonds is 0. The SMILES string of the molecule is [Ba+2].[CH-]=C.[CH-]=C. The first-order valence-corrected chi connectivity index (χ1v) is 0.816. The summed E-state index contributed by atoms with van der Waals surface area (Å²) in [6.45, 7) is 14.0. The van der Waals surface area contributed by atoms with E-state index in [1.807, 2.05) is 0 Å². The predicted octanol–water partition coefficient (Wildman–Crippen LogP) is 0.830. The van der Waals surface area contributed by atoms with Crippen molar-refractivity contribution < 1.29 is 0 Å². The molecule has 0 saturated carbocycles. The van der Waals surface area contributed by atoms with Crippen LogP contribution in [0.5, 0.6) is 0 Å². The van der Waals surface area contributed by atoms with E-state index in [1.165, 1.54) is 0 Å². The third-order valence-corrected chi connectivity index (χ3v) is 0. The maximum Gasteiger partial charge on any atom is 2.00 e. The fraction of sp³-hybridized carbons (Fsp3) is 0. The van der Waals surface area contributed by atoms with E-state index in [0.717, 1.165) is 0 Å². The van der Waals surface area contributed by atoms with Crippen molar-refractivity contribution in [3.8, 4) is 0 Å². The molecule has 0 bridgehead atoms. The van der Waals surface area contributed by atoms with Crippen LogP contribution in [0.3, 0.4) is 0 Å². The van der Waals surface area contributed by atoms with Crippen molar-refractivity contribution >= 4 is 48.9 Å². The predicted molar refractivity (Wildman–Crippen MR) is 25.6 cm³/mol. The van der Waals surface area contributed by atoms with Gasteiger partial charge in [0.1, 0.15) is 0 Å². The van der Waals surface area contributed by atoms with Crippen molar-refractivity contribution in [2.24, 2.45) is 0 Å². The Hall–Kier alpha value is 1.05. The van der Waals surface area contributed by atoms with Crippen molar-refractivity contribution in [1.29, 1.82) is 0 Å². The molecule has 0 amide bonds. The summed E-state index contributed by atoms with van der Waals surface area (Å²) in [5, 5.41) is 0. The fourth-order valence-electron chi connectivity index (χ4n) is 0. The molecule has 0 aromatic carbocycles. The van der Waals surface area contributed by atoms with E-state index < -0.39 is 0 Å². The Morgan fingerprint density at radius 3 is 0.800 bits per heavy atom. The van der Waals surface area contributed by atoms with Gasteiger partial charge in [-0.3, -0.25) is 13.2 Å². The molecule has 0 saturated heterocycles. The van der Waals surface area contributed by atoms with Crippen LogP contribution in [0.1, 0.15) is 0 Å². The Morgan fingerprint density at radius 2 is 0.800 bits per heavy atom. The van der Waals surface area contributed by atoms with Gasteiger partial charge in [0.25, 0.3) is 0 Å². The zero-order valence-corrected chi connectivity index (χ0v) is 7.72. The van der Waals surface area contributed by atoms with E-state index >= 15 is 0 Å². The van der Waals surface area contributed by atoms with Crippen LogP contribution in [0.2, 0.25) is 0 Å². The van der Waals surface area contributed by atoms with Gasteiger partial charge in [0.2, 0.25) is 0 Å². The van der Waals surface area contributed by atoms with E-state index in [0.29, 0.717) is 0 Å². The maximum absolute atomic E-state index is 4.25. The summed E-state index contributed by atoms with van der Waals surface area (Å²) in [5.74, 6) is 0. The Kier molecular flexibility index (Phi) is 249. The van der Waals surface area contributed by atoms with E-state index in [2.05, 4.69) is 26.3 Å². The molecular formula is C4H6Ba. The van der Waals surface area contributed by atoms with Crippen molar-refractivity contribution in [3.63, 3.8) is 0 Å². The van der Waals surface area contributed by atoms with Gasteiger partial charge in [0, 0.05) is 0 Å². The second-order valence-electron chi connectivity index (χ2n) is 0. The average molecular weight is 191 g/mol. The van der Waals surface area contributed by atoms with Crippen LogP contribution in [0.15, 0.2) is 13.2 Å². The van der Waals surface area contributed by atoms with Gasteiger partial charge in [-0.05, 0) is 0 Å². The molecule has 0 nitrogen and oxygen atoms in total. The van der Waals surface area contributed by atoms with Gasteiger partial charge in [-0.15, -0.1) is 0 Å². The Bertz CT molecular complexity index is 5.61. The molecule has 0 aliphatic rings. The van der Waals surface area contributed by atoms with Crippen LogP contribution in [-0.2, 0) is 0 Å². The van der Waals surface area contributed by atoms with Crippen LogP contribution in [0, 0.1) is 13.2 Å². The Balaban J connectivity index is -0.0000000133. The van der Waals surface area contributed by atoms with Crippen molar-refractivity contribution in [1.82, 2.24) is 0 Å². The molecule has 1 heteroatoms. The largest absolute Gasteiger partial charge is 2.00 e. The van der Waals surface area contributed by atoms with Gasteiger partial charge >= 0.3 is 48.9 Å². The zero-order valence-electron chi connectivity index (χ0n) is 3.28. The summed E-state index contributed by atoms with van der Waals surface area (Å²) in [5.41, 5.74) is 0. The number of hydrogen-bond donors (Lipinski definition) is 0. The van der Waals surface area contributed by atoms with E-state index in [-0.39, 0.29) is 48.9 Å². The number of hydrogen-bond acceptors (Lipinski definition) is 0. The smallest absolute Gasteiger partial charge is 0.521 e. The second-order valence-corrected chi connectivity index (χ2v) is 0. The molecule has 0 heterocycles. The van der Waals surface area contributed by atoms with E-state index in [9.17, 15) is 0 Å². The third-order valence-electron chi connectivity index (χ3n) is 0. The standard InChI is InChI=1S/2C2H3.Ba/c2*1-2;/h2*1H,2H2;/q2*-1;+2. The normalized spacial score (nSPS) is 1.60. The first kappa shape index (κ1) is 16.6. The summed E-state index contributed by atoms with van der Waals surface area (Å²) in [7, 11) is 0. The van der Waals surface area contributed by atoms with Gasteiger partial charge in [0.05, 0.1) is 0 Å². The molecule has 0 N–H and O–H groups in total. The molecule has 5 heavy (non-hydrogen) atoms. The molecule has 0 atom stereocenters. The van der Waals surface area contributed by atoms with Crippen LogP contribution in [0.25, 0.3) is 0 Å². The minimum Gasteiger partial charge on any atom is -0.521 e. The quantitative estimate of drug-likeness (QED) is 0.393. The molecule has 0 aromatic heterocycles. The minimum atomic E-state index is 0. The molecule has 0 aliphatic carbocycles. The minimum absolute atomic E-state index is 0. The summed E-state index contributed by atoms with van der Waals surface area (Å²) in [4.78, 5) is 0. The summed E-state index contributed by atoms with van der Waals surface area (Å²) < 4.78 is 0. The van der Waals surface area contributed by atoms with Crippen LogP contribution >= 0.6 is 0 Å². The van der Waals surface area contributed by atoms with Gasteiger partial charge in [-0.25, -0.2) is 0 Å². The summed E-state index contributed by atoms with van der Waals surface area (Å²) in [6.07, 6.45) is 0. The molecular weight excluding hydrogens is 185 g/mol. The van der Waals surface area contributed by atoms with Crippen LogP contribution in [0.4, 0.5) is 0 Å². The van der Waals surface area contributed by atoms with Gasteiger partial charge in [-0.1, -0.05) is 0 Å². The van der Waals surface area contributed by atoms with Gasteiger partial charge in [-0.2, -0.15) is 0 Å². The molecule has 0 aliphatic heterocycles. The maximum atomic E-state index is 4.25. The monoisotopic (exact) mass is 192 g/mol. The first-order valence-electron chi connectivity index (χ1n) is 0.816. The molecule has 0 rings (SSSR count).